The predicted octanol–water partition coefficient (Wildman–Crippen LogP) is 5.35. The van der Waals surface area contributed by atoms with Crippen LogP contribution in [-0.4, -0.2) is 11.6 Å². The summed E-state index contributed by atoms with van der Waals surface area (Å²) in [6.45, 7) is 15.1. The average Bonchev–Trinajstić information content (AvgIpc) is 2.75. The van der Waals surface area contributed by atoms with Crippen molar-refractivity contribution in [3.05, 3.63) is 0 Å². The van der Waals surface area contributed by atoms with Crippen molar-refractivity contribution < 1.29 is 9.53 Å². The lowest BCUT2D eigenvalue weighted by Crippen LogP contribution is -2.43. The molecule has 20 heavy (non-hydrogen) atoms. The Balaban J connectivity index is 2.89. The summed E-state index contributed by atoms with van der Waals surface area (Å²) >= 11 is 0. The van der Waals surface area contributed by atoms with Crippen LogP contribution in [0.5, 0.6) is 0 Å². The molecule has 1 rings (SSSR count). The molecule has 0 aromatic carbocycles. The van der Waals surface area contributed by atoms with E-state index in [0.29, 0.717) is 5.92 Å². The van der Waals surface area contributed by atoms with Crippen LogP contribution in [0.3, 0.4) is 0 Å². The van der Waals surface area contributed by atoms with E-state index in [9.17, 15) is 4.79 Å². The van der Waals surface area contributed by atoms with Gasteiger partial charge in [0.2, 0.25) is 0 Å². The molecular weight excluding hydrogens is 248 g/mol. The van der Waals surface area contributed by atoms with Crippen LogP contribution in [0.4, 0.5) is 0 Å². The molecule has 118 valence electrons. The fraction of sp³-hybridized carbons (Fsp3) is 0.944. The lowest BCUT2D eigenvalue weighted by atomic mass is 9.68. The molecule has 0 aromatic rings. The predicted molar refractivity (Wildman–Crippen MR) is 84.6 cm³/mol. The van der Waals surface area contributed by atoms with Crippen LogP contribution >= 0.6 is 0 Å². The van der Waals surface area contributed by atoms with E-state index in [4.69, 9.17) is 4.74 Å². The molecule has 1 aliphatic carbocycles. The monoisotopic (exact) mass is 282 g/mol. The zero-order chi connectivity index (χ0) is 15.6. The minimum absolute atomic E-state index is 0.0196. The standard InChI is InChI=1S/C18H34O2/c1-8-18(11-9-10-12-18)20-15(19)17(7,14(2)3)13-16(4,5)6/h14H,8-13H2,1-7H3. The van der Waals surface area contributed by atoms with Crippen LogP contribution in [0.25, 0.3) is 0 Å². The molecule has 0 heterocycles. The van der Waals surface area contributed by atoms with Gasteiger partial charge in [-0.1, -0.05) is 41.5 Å². The first-order valence-electron chi connectivity index (χ1n) is 8.28. The number of carbonyl (C=O) groups excluding carboxylic acids is 1. The largest absolute Gasteiger partial charge is 0.459 e. The van der Waals surface area contributed by atoms with E-state index in [1.807, 2.05) is 0 Å². The number of hydrogen-bond donors (Lipinski definition) is 0. The molecule has 0 amide bonds. The molecule has 0 aliphatic heterocycles. The maximum Gasteiger partial charge on any atom is 0.312 e. The van der Waals surface area contributed by atoms with Crippen LogP contribution in [0.2, 0.25) is 0 Å². The molecule has 0 spiro atoms. The van der Waals surface area contributed by atoms with Gasteiger partial charge < -0.3 is 4.74 Å². The molecule has 0 bridgehead atoms. The van der Waals surface area contributed by atoms with Crippen molar-refractivity contribution in [2.24, 2.45) is 16.7 Å². The van der Waals surface area contributed by atoms with Gasteiger partial charge in [-0.3, -0.25) is 4.79 Å². The highest BCUT2D eigenvalue weighted by molar-refractivity contribution is 5.77. The van der Waals surface area contributed by atoms with E-state index in [1.54, 1.807) is 0 Å². The Hall–Kier alpha value is -0.530. The third-order valence-corrected chi connectivity index (χ3v) is 5.11. The van der Waals surface area contributed by atoms with Gasteiger partial charge in [-0.25, -0.2) is 0 Å². The summed E-state index contributed by atoms with van der Waals surface area (Å²) in [5.41, 5.74) is -0.429. The number of rotatable bonds is 5. The van der Waals surface area contributed by atoms with E-state index in [0.717, 1.165) is 25.7 Å². The molecule has 0 N–H and O–H groups in total. The summed E-state index contributed by atoms with van der Waals surface area (Å²) in [5, 5.41) is 0. The molecular formula is C18H34O2. The first kappa shape index (κ1) is 17.5. The fourth-order valence-electron chi connectivity index (χ4n) is 3.47. The van der Waals surface area contributed by atoms with Gasteiger partial charge in [0, 0.05) is 0 Å². The maximum absolute atomic E-state index is 12.9. The second-order valence-electron chi connectivity index (χ2n) is 8.44. The first-order chi connectivity index (χ1) is 9.05. The zero-order valence-electron chi connectivity index (χ0n) is 14.6. The Morgan fingerprint density at radius 2 is 1.65 bits per heavy atom. The summed E-state index contributed by atoms with van der Waals surface area (Å²) in [6, 6.07) is 0. The van der Waals surface area contributed by atoms with Crippen LogP contribution in [0.1, 0.15) is 87.0 Å². The molecule has 0 radical (unpaired) electrons. The van der Waals surface area contributed by atoms with Gasteiger partial charge in [0.25, 0.3) is 0 Å². The van der Waals surface area contributed by atoms with Crippen molar-refractivity contribution in [1.82, 2.24) is 0 Å². The summed E-state index contributed by atoms with van der Waals surface area (Å²) in [7, 11) is 0. The fourth-order valence-corrected chi connectivity index (χ4v) is 3.47. The molecule has 1 unspecified atom stereocenters. The van der Waals surface area contributed by atoms with E-state index < -0.39 is 0 Å². The highest BCUT2D eigenvalue weighted by atomic mass is 16.6. The minimum Gasteiger partial charge on any atom is -0.459 e. The van der Waals surface area contributed by atoms with Crippen molar-refractivity contribution in [2.75, 3.05) is 0 Å². The Morgan fingerprint density at radius 1 is 1.15 bits per heavy atom. The van der Waals surface area contributed by atoms with E-state index >= 15 is 0 Å². The quantitative estimate of drug-likeness (QED) is 0.635. The highest BCUT2D eigenvalue weighted by Crippen LogP contribution is 2.44. The van der Waals surface area contributed by atoms with Gasteiger partial charge in [0.05, 0.1) is 5.41 Å². The first-order valence-corrected chi connectivity index (χ1v) is 8.28. The van der Waals surface area contributed by atoms with Crippen molar-refractivity contribution in [1.29, 1.82) is 0 Å². The second kappa shape index (κ2) is 6.07. The van der Waals surface area contributed by atoms with Crippen molar-refractivity contribution >= 4 is 5.97 Å². The molecule has 1 atom stereocenters. The molecule has 1 fully saturated rings. The van der Waals surface area contributed by atoms with Gasteiger partial charge in [0.15, 0.2) is 0 Å². The van der Waals surface area contributed by atoms with Gasteiger partial charge >= 0.3 is 5.97 Å². The van der Waals surface area contributed by atoms with Gasteiger partial charge in [-0.15, -0.1) is 0 Å². The third-order valence-electron chi connectivity index (χ3n) is 5.11. The number of hydrogen-bond acceptors (Lipinski definition) is 2. The van der Waals surface area contributed by atoms with Crippen LogP contribution in [0.15, 0.2) is 0 Å². The normalized spacial score (nSPS) is 21.8. The second-order valence-corrected chi connectivity index (χ2v) is 8.44. The van der Waals surface area contributed by atoms with Crippen molar-refractivity contribution in [3.8, 4) is 0 Å². The molecule has 0 aromatic heterocycles. The van der Waals surface area contributed by atoms with Crippen LogP contribution in [-0.2, 0) is 9.53 Å². The summed E-state index contributed by atoms with van der Waals surface area (Å²) in [6.07, 6.45) is 6.29. The molecule has 1 aliphatic rings. The SMILES string of the molecule is CCC1(OC(=O)C(C)(CC(C)(C)C)C(C)C)CCCC1. The Morgan fingerprint density at radius 3 is 2.00 bits per heavy atom. The molecule has 2 heteroatoms. The maximum atomic E-state index is 12.9. The zero-order valence-corrected chi connectivity index (χ0v) is 14.6. The van der Waals surface area contributed by atoms with Crippen LogP contribution < -0.4 is 0 Å². The Kier molecular flexibility index (Phi) is 5.32. The number of carbonyl (C=O) groups is 1. The molecule has 0 saturated heterocycles. The van der Waals surface area contributed by atoms with Gasteiger partial charge in [-0.05, 0) is 56.8 Å². The number of esters is 1. The third kappa shape index (κ3) is 3.99. The number of ether oxygens (including phenoxy) is 1. The van der Waals surface area contributed by atoms with Crippen LogP contribution in [0, 0.1) is 16.7 Å². The summed E-state index contributed by atoms with van der Waals surface area (Å²) < 4.78 is 6.08. The van der Waals surface area contributed by atoms with E-state index in [2.05, 4.69) is 48.5 Å². The molecule has 1 saturated carbocycles. The van der Waals surface area contributed by atoms with Crippen molar-refractivity contribution in [3.63, 3.8) is 0 Å². The van der Waals surface area contributed by atoms with E-state index in [1.165, 1.54) is 12.8 Å². The topological polar surface area (TPSA) is 26.3 Å². The highest BCUT2D eigenvalue weighted by Gasteiger charge is 2.45. The molecule has 2 nitrogen and oxygen atoms in total. The lowest BCUT2D eigenvalue weighted by Gasteiger charge is -2.40. The lowest BCUT2D eigenvalue weighted by molar-refractivity contribution is -0.176. The summed E-state index contributed by atoms with van der Waals surface area (Å²) in [5.74, 6) is 0.315. The Bertz CT molecular complexity index is 332. The Labute approximate surface area is 125 Å². The van der Waals surface area contributed by atoms with Gasteiger partial charge in [-0.2, -0.15) is 0 Å². The summed E-state index contributed by atoms with van der Waals surface area (Å²) in [4.78, 5) is 12.9. The van der Waals surface area contributed by atoms with E-state index in [-0.39, 0.29) is 22.4 Å². The van der Waals surface area contributed by atoms with Crippen molar-refractivity contribution in [2.45, 2.75) is 92.6 Å². The van der Waals surface area contributed by atoms with Gasteiger partial charge in [0.1, 0.15) is 5.60 Å². The average molecular weight is 282 g/mol. The smallest absolute Gasteiger partial charge is 0.312 e. The minimum atomic E-state index is -0.386.